The Bertz CT molecular complexity index is 1760. The van der Waals surface area contributed by atoms with Crippen molar-refractivity contribution in [3.8, 4) is 17.3 Å². The molecule has 14 nitrogen and oxygen atoms in total. The molecule has 44 heavy (non-hydrogen) atoms. The Balaban J connectivity index is 1.11. The summed E-state index contributed by atoms with van der Waals surface area (Å²) < 4.78 is 24.4. The largest absolute Gasteiger partial charge is 0.462 e. The average Bonchev–Trinajstić information content (AvgIpc) is 3.40. The molecule has 0 spiro atoms. The lowest BCUT2D eigenvalue weighted by Gasteiger charge is -2.42. The zero-order chi connectivity index (χ0) is 30.9. The minimum atomic E-state index is -1.65. The molecule has 0 radical (unpaired) electrons. The van der Waals surface area contributed by atoms with E-state index in [1.165, 1.54) is 6.92 Å². The van der Waals surface area contributed by atoms with Crippen LogP contribution >= 0.6 is 0 Å². The van der Waals surface area contributed by atoms with Crippen LogP contribution in [0.3, 0.4) is 0 Å². The average molecular weight is 612 g/mol. The van der Waals surface area contributed by atoms with E-state index in [0.717, 1.165) is 22.2 Å². The van der Waals surface area contributed by atoms with Gasteiger partial charge in [-0.05, 0) is 49.2 Å². The molecule has 0 saturated carbocycles. The molecular formula is C30H33N3O11. The molecule has 0 unspecified atom stereocenters. The van der Waals surface area contributed by atoms with Crippen molar-refractivity contribution in [2.24, 2.45) is 0 Å². The van der Waals surface area contributed by atoms with Crippen LogP contribution in [-0.2, 0) is 27.2 Å². The second-order valence-electron chi connectivity index (χ2n) is 11.5. The summed E-state index contributed by atoms with van der Waals surface area (Å²) in [6, 6.07) is 12.4. The number of fused-ring (bicyclic) bond motifs is 6. The second kappa shape index (κ2) is 11.2. The van der Waals surface area contributed by atoms with Crippen molar-refractivity contribution in [2.45, 2.75) is 81.3 Å². The van der Waals surface area contributed by atoms with Crippen molar-refractivity contribution in [3.05, 3.63) is 58.4 Å². The number of benzene rings is 2. The van der Waals surface area contributed by atoms with Gasteiger partial charge in [0.25, 0.3) is 5.56 Å². The fourth-order valence-electron chi connectivity index (χ4n) is 6.17. The number of hydrogen-bond acceptors (Lipinski definition) is 12. The minimum absolute atomic E-state index is 0.102. The Labute approximate surface area is 249 Å². The van der Waals surface area contributed by atoms with Crippen molar-refractivity contribution in [3.63, 3.8) is 0 Å². The van der Waals surface area contributed by atoms with Crippen molar-refractivity contribution < 1.29 is 49.6 Å². The first kappa shape index (κ1) is 29.3. The number of nitrogens with zero attached hydrogens (tertiary/aromatic N) is 2. The zero-order valence-corrected chi connectivity index (χ0v) is 23.6. The molecule has 0 bridgehead atoms. The summed E-state index contributed by atoms with van der Waals surface area (Å²) in [6.07, 6.45) is -13.4. The summed E-state index contributed by atoms with van der Waals surface area (Å²) in [5.74, 6) is 0.862. The molecule has 234 valence electrons. The number of aliphatic hydroxyl groups is 6. The molecule has 14 heteroatoms. The van der Waals surface area contributed by atoms with E-state index in [-0.39, 0.29) is 5.56 Å². The van der Waals surface area contributed by atoms with Gasteiger partial charge in [0.15, 0.2) is 12.1 Å². The third kappa shape index (κ3) is 4.79. The lowest BCUT2D eigenvalue weighted by molar-refractivity contribution is -0.318. The SMILES string of the molecule is C[C@@H]1O[C@@H](OC[C@H]2O[C@@H](Oc3ccc4[nH]c5c(c4c3)CCn3c-5nc4ccccc4c3=O)[C@H](O)[C@@H](O)[C@@H]2O)[C@H](O)[C@H](O)[C@H]1O. The summed E-state index contributed by atoms with van der Waals surface area (Å²) in [6.45, 7) is 1.55. The van der Waals surface area contributed by atoms with Crippen LogP contribution < -0.4 is 10.3 Å². The first-order valence-corrected chi connectivity index (χ1v) is 14.4. The van der Waals surface area contributed by atoms with Crippen LogP contribution in [0.1, 0.15) is 12.5 Å². The van der Waals surface area contributed by atoms with Crippen molar-refractivity contribution in [1.82, 2.24) is 14.5 Å². The van der Waals surface area contributed by atoms with Crippen LogP contribution in [0.5, 0.6) is 5.75 Å². The molecule has 5 heterocycles. The van der Waals surface area contributed by atoms with Gasteiger partial charge in [-0.3, -0.25) is 9.36 Å². The molecule has 10 atom stereocenters. The highest BCUT2D eigenvalue weighted by atomic mass is 16.7. The number of nitrogens with one attached hydrogen (secondary N) is 1. The Morgan fingerprint density at radius 1 is 0.909 bits per heavy atom. The van der Waals surface area contributed by atoms with Gasteiger partial charge >= 0.3 is 0 Å². The maximum absolute atomic E-state index is 13.1. The highest BCUT2D eigenvalue weighted by Crippen LogP contribution is 2.36. The smallest absolute Gasteiger partial charge is 0.261 e. The Hall–Kier alpha value is -3.44. The summed E-state index contributed by atoms with van der Waals surface area (Å²) in [4.78, 5) is 21.3. The fraction of sp³-hybridized carbons (Fsp3) is 0.467. The molecule has 7 N–H and O–H groups in total. The highest BCUT2D eigenvalue weighted by Gasteiger charge is 2.47. The number of rotatable bonds is 5. The Morgan fingerprint density at radius 2 is 1.66 bits per heavy atom. The highest BCUT2D eigenvalue weighted by molar-refractivity contribution is 5.92. The first-order chi connectivity index (χ1) is 21.1. The molecule has 3 aliphatic rings. The van der Waals surface area contributed by atoms with Crippen LogP contribution in [-0.4, -0.2) is 113 Å². The van der Waals surface area contributed by atoms with Gasteiger partial charge in [-0.15, -0.1) is 0 Å². The van der Waals surface area contributed by atoms with Gasteiger partial charge < -0.3 is 54.6 Å². The molecule has 0 amide bonds. The van der Waals surface area contributed by atoms with Crippen LogP contribution in [0, 0.1) is 0 Å². The summed E-state index contributed by atoms with van der Waals surface area (Å²) in [5.41, 5.74) is 2.98. The molecular weight excluding hydrogens is 578 g/mol. The molecule has 0 aliphatic carbocycles. The van der Waals surface area contributed by atoms with Crippen LogP contribution in [0.4, 0.5) is 0 Å². The quantitative estimate of drug-likeness (QED) is 0.147. The van der Waals surface area contributed by atoms with Gasteiger partial charge in [-0.1, -0.05) is 12.1 Å². The van der Waals surface area contributed by atoms with Crippen molar-refractivity contribution >= 4 is 21.8 Å². The maximum Gasteiger partial charge on any atom is 0.261 e. The van der Waals surface area contributed by atoms with E-state index >= 15 is 0 Å². The first-order valence-electron chi connectivity index (χ1n) is 14.4. The molecule has 2 saturated heterocycles. The fourth-order valence-corrected chi connectivity index (χ4v) is 6.17. The van der Waals surface area contributed by atoms with Crippen LogP contribution in [0.15, 0.2) is 47.3 Å². The maximum atomic E-state index is 13.1. The van der Waals surface area contributed by atoms with Gasteiger partial charge in [0.05, 0.1) is 29.3 Å². The number of para-hydroxylation sites is 1. The second-order valence-corrected chi connectivity index (χ2v) is 11.5. The minimum Gasteiger partial charge on any atom is -0.462 e. The van der Waals surface area contributed by atoms with E-state index < -0.39 is 68.0 Å². The predicted molar refractivity (Wildman–Crippen MR) is 153 cm³/mol. The standard InChI is InChI=1S/C30H33N3O11/c1-12-21(34)23(36)25(38)29(42-12)41-11-19-22(35)24(37)26(39)30(44-19)43-13-6-7-18-16(10-13)14-8-9-33-27(20(14)31-18)32-17-5-3-2-4-15(17)28(33)40/h2-7,10,12,19,21-26,29-31,34-39H,8-9,11H2,1H3/t12-,19+,21-,22+,23+,24-,25+,26+,29+,30+/m0/s1. The van der Waals surface area contributed by atoms with Crippen LogP contribution in [0.25, 0.3) is 33.3 Å². The van der Waals surface area contributed by atoms with E-state index in [2.05, 4.69) is 4.98 Å². The number of H-pyrrole nitrogens is 1. The van der Waals surface area contributed by atoms with Gasteiger partial charge in [-0.25, -0.2) is 4.98 Å². The summed E-state index contributed by atoms with van der Waals surface area (Å²) in [7, 11) is 0. The van der Waals surface area contributed by atoms with Crippen molar-refractivity contribution in [2.75, 3.05) is 6.61 Å². The number of aromatic nitrogens is 3. The van der Waals surface area contributed by atoms with Gasteiger partial charge in [0, 0.05) is 17.4 Å². The van der Waals surface area contributed by atoms with E-state index in [9.17, 15) is 35.4 Å². The van der Waals surface area contributed by atoms with Gasteiger partial charge in [0.1, 0.15) is 48.5 Å². The predicted octanol–water partition coefficient (Wildman–Crippen LogP) is -0.869. The number of ether oxygens (including phenoxy) is 4. The van der Waals surface area contributed by atoms with E-state index in [1.54, 1.807) is 34.9 Å². The number of aromatic amines is 1. The van der Waals surface area contributed by atoms with E-state index in [1.807, 2.05) is 12.1 Å². The molecule has 4 aromatic rings. The normalized spacial score (nSPS) is 33.7. The number of hydrogen-bond donors (Lipinski definition) is 7. The Kier molecular flexibility index (Phi) is 7.43. The zero-order valence-electron chi connectivity index (χ0n) is 23.6. The lowest BCUT2D eigenvalue weighted by atomic mass is 9.98. The van der Waals surface area contributed by atoms with Gasteiger partial charge in [0.2, 0.25) is 6.29 Å². The number of aryl methyl sites for hydroxylation is 1. The summed E-state index contributed by atoms with van der Waals surface area (Å²) >= 11 is 0. The molecule has 2 aromatic heterocycles. The number of aliphatic hydroxyl groups excluding tert-OH is 6. The summed E-state index contributed by atoms with van der Waals surface area (Å²) in [5, 5.41) is 63.3. The Morgan fingerprint density at radius 3 is 2.48 bits per heavy atom. The molecule has 3 aliphatic heterocycles. The third-order valence-electron chi connectivity index (χ3n) is 8.70. The molecule has 2 aromatic carbocycles. The van der Waals surface area contributed by atoms with Gasteiger partial charge in [-0.2, -0.15) is 0 Å². The monoisotopic (exact) mass is 611 g/mol. The van der Waals surface area contributed by atoms with E-state index in [0.29, 0.717) is 35.4 Å². The topological polar surface area (TPSA) is 209 Å². The molecule has 7 rings (SSSR count). The van der Waals surface area contributed by atoms with Crippen LogP contribution in [0.2, 0.25) is 0 Å². The third-order valence-corrected chi connectivity index (χ3v) is 8.70. The lowest BCUT2D eigenvalue weighted by Crippen LogP contribution is -2.61. The van der Waals surface area contributed by atoms with E-state index in [4.69, 9.17) is 23.9 Å². The molecule has 2 fully saturated rings. The van der Waals surface area contributed by atoms with Crippen molar-refractivity contribution in [1.29, 1.82) is 0 Å².